The highest BCUT2D eigenvalue weighted by atomic mass is 16.1. The van der Waals surface area contributed by atoms with Gasteiger partial charge in [0.2, 0.25) is 0 Å². The summed E-state index contributed by atoms with van der Waals surface area (Å²) in [6.45, 7) is 8.42. The van der Waals surface area contributed by atoms with Gasteiger partial charge in [0.25, 0.3) is 5.91 Å². The number of hydrogen-bond acceptors (Lipinski definition) is 1. The first-order valence-electron chi connectivity index (χ1n) is 6.01. The second kappa shape index (κ2) is 4.02. The van der Waals surface area contributed by atoms with Crippen molar-refractivity contribution in [2.75, 3.05) is 0 Å². The number of nitrogens with one attached hydrogen (secondary N) is 1. The maximum absolute atomic E-state index is 12.2. The lowest BCUT2D eigenvalue weighted by molar-refractivity contribution is -0.118. The van der Waals surface area contributed by atoms with Crippen molar-refractivity contribution in [2.24, 2.45) is 5.41 Å². The third-order valence-corrected chi connectivity index (χ3v) is 3.46. The van der Waals surface area contributed by atoms with Crippen LogP contribution in [-0.4, -0.2) is 11.9 Å². The predicted molar refractivity (Wildman–Crippen MR) is 70.4 cm³/mol. The summed E-state index contributed by atoms with van der Waals surface area (Å²) in [7, 11) is 0. The molecule has 0 aromatic rings. The normalized spacial score (nSPS) is 19.4. The average molecular weight is 229 g/mol. The highest BCUT2D eigenvalue weighted by Gasteiger charge is 2.25. The van der Waals surface area contributed by atoms with Crippen molar-refractivity contribution in [2.45, 2.75) is 33.7 Å². The van der Waals surface area contributed by atoms with Gasteiger partial charge in [0, 0.05) is 11.6 Å². The molecule has 1 atom stereocenters. The third-order valence-electron chi connectivity index (χ3n) is 3.46. The lowest BCUT2D eigenvalue weighted by Crippen LogP contribution is -2.41. The number of fused-ring (bicyclic) bond motifs is 1. The average Bonchev–Trinajstić information content (AvgIpc) is 2.75. The molecule has 0 fully saturated rings. The Morgan fingerprint density at radius 3 is 2.59 bits per heavy atom. The first-order chi connectivity index (χ1) is 7.89. The largest absolute Gasteiger partial charge is 0.349 e. The number of allylic oxidation sites excluding steroid dienone is 6. The van der Waals surface area contributed by atoms with Crippen LogP contribution in [-0.2, 0) is 4.79 Å². The van der Waals surface area contributed by atoms with Crippen molar-refractivity contribution in [3.05, 3.63) is 47.1 Å². The zero-order valence-electron chi connectivity index (χ0n) is 10.9. The fraction of sp³-hybridized carbons (Fsp3) is 0.400. The van der Waals surface area contributed by atoms with Gasteiger partial charge in [-0.25, -0.2) is 0 Å². The second-order valence-corrected chi connectivity index (χ2v) is 5.70. The van der Waals surface area contributed by atoms with Gasteiger partial charge in [-0.3, -0.25) is 4.79 Å². The minimum atomic E-state index is 0.0219. The quantitative estimate of drug-likeness (QED) is 0.775. The Balaban J connectivity index is 2.13. The summed E-state index contributed by atoms with van der Waals surface area (Å²) in [6, 6.07) is 0.148. The van der Waals surface area contributed by atoms with E-state index >= 15 is 0 Å². The van der Waals surface area contributed by atoms with Gasteiger partial charge in [-0.05, 0) is 29.6 Å². The fourth-order valence-electron chi connectivity index (χ4n) is 1.78. The highest BCUT2D eigenvalue weighted by molar-refractivity contribution is 6.00. The molecule has 2 aliphatic carbocycles. The van der Waals surface area contributed by atoms with Crippen molar-refractivity contribution >= 4 is 5.91 Å². The lowest BCUT2D eigenvalue weighted by Gasteiger charge is -2.28. The fourth-order valence-corrected chi connectivity index (χ4v) is 1.78. The molecule has 17 heavy (non-hydrogen) atoms. The van der Waals surface area contributed by atoms with Crippen molar-refractivity contribution in [3.63, 3.8) is 0 Å². The maximum Gasteiger partial charge on any atom is 0.252 e. The van der Waals surface area contributed by atoms with Crippen LogP contribution >= 0.6 is 0 Å². The van der Waals surface area contributed by atoms with E-state index in [0.29, 0.717) is 0 Å². The van der Waals surface area contributed by atoms with Crippen LogP contribution in [0.5, 0.6) is 0 Å². The molecule has 1 amide bonds. The van der Waals surface area contributed by atoms with E-state index in [-0.39, 0.29) is 17.4 Å². The Hall–Kier alpha value is -1.57. The van der Waals surface area contributed by atoms with Crippen LogP contribution in [0.1, 0.15) is 27.7 Å². The summed E-state index contributed by atoms with van der Waals surface area (Å²) in [5.41, 5.74) is 3.04. The number of carbonyl (C=O) groups is 1. The summed E-state index contributed by atoms with van der Waals surface area (Å²) in [4.78, 5) is 12.2. The summed E-state index contributed by atoms with van der Waals surface area (Å²) in [6.07, 6.45) is 9.89. The molecule has 0 saturated heterocycles. The summed E-state index contributed by atoms with van der Waals surface area (Å²) in [5.74, 6) is 0.0219. The van der Waals surface area contributed by atoms with Crippen molar-refractivity contribution < 1.29 is 4.79 Å². The molecule has 0 unspecified atom stereocenters. The predicted octanol–water partition coefficient (Wildman–Crippen LogP) is 2.90. The van der Waals surface area contributed by atoms with Gasteiger partial charge < -0.3 is 5.32 Å². The molecule has 2 nitrogen and oxygen atoms in total. The van der Waals surface area contributed by atoms with E-state index in [2.05, 4.69) is 26.1 Å². The van der Waals surface area contributed by atoms with E-state index in [0.717, 1.165) is 16.7 Å². The zero-order valence-corrected chi connectivity index (χ0v) is 10.9. The molecule has 0 bridgehead atoms. The first kappa shape index (κ1) is 11.9. The van der Waals surface area contributed by atoms with Crippen molar-refractivity contribution in [1.82, 2.24) is 5.32 Å². The van der Waals surface area contributed by atoms with Crippen molar-refractivity contribution in [3.8, 4) is 0 Å². The van der Waals surface area contributed by atoms with E-state index in [1.165, 1.54) is 0 Å². The zero-order chi connectivity index (χ0) is 12.6. The monoisotopic (exact) mass is 229 g/mol. The summed E-state index contributed by atoms with van der Waals surface area (Å²) >= 11 is 0. The Morgan fingerprint density at radius 2 is 1.94 bits per heavy atom. The molecule has 2 heteroatoms. The minimum Gasteiger partial charge on any atom is -0.349 e. The van der Waals surface area contributed by atoms with Crippen LogP contribution in [0.3, 0.4) is 0 Å². The van der Waals surface area contributed by atoms with E-state index < -0.39 is 0 Å². The minimum absolute atomic E-state index is 0.0219. The van der Waals surface area contributed by atoms with Gasteiger partial charge in [0.15, 0.2) is 0 Å². The van der Waals surface area contributed by atoms with Gasteiger partial charge in [-0.2, -0.15) is 0 Å². The SMILES string of the molecule is C[C@@H](NC(=O)C1=C2C=CC=C2C=C1)C(C)(C)C. The standard InChI is InChI=1S/C15H19NO/c1-10(15(2,3)4)16-14(17)13-9-8-11-6-5-7-12(11)13/h5-10H,1-4H3,(H,16,17)/t10-/m1/s1. The van der Waals surface area contributed by atoms with Crippen LogP contribution < -0.4 is 5.32 Å². The Bertz CT molecular complexity index is 470. The Kier molecular flexibility index (Phi) is 2.82. The molecule has 0 aromatic carbocycles. The van der Waals surface area contributed by atoms with E-state index in [1.807, 2.05) is 37.3 Å². The van der Waals surface area contributed by atoms with Crippen LogP contribution in [0.25, 0.3) is 0 Å². The van der Waals surface area contributed by atoms with Crippen LogP contribution in [0, 0.1) is 5.41 Å². The van der Waals surface area contributed by atoms with Crippen LogP contribution in [0.2, 0.25) is 0 Å². The maximum atomic E-state index is 12.2. The molecular formula is C15H19NO. The van der Waals surface area contributed by atoms with Crippen molar-refractivity contribution in [1.29, 1.82) is 0 Å². The molecule has 0 aromatic heterocycles. The molecule has 0 saturated carbocycles. The molecule has 0 spiro atoms. The number of hydrogen-bond donors (Lipinski definition) is 1. The molecule has 2 aliphatic rings. The smallest absolute Gasteiger partial charge is 0.252 e. The van der Waals surface area contributed by atoms with Gasteiger partial charge in [0.05, 0.1) is 0 Å². The summed E-state index contributed by atoms with van der Waals surface area (Å²) < 4.78 is 0. The number of amides is 1. The summed E-state index contributed by atoms with van der Waals surface area (Å²) in [5, 5.41) is 3.07. The van der Waals surface area contributed by atoms with E-state index in [1.54, 1.807) is 0 Å². The third kappa shape index (κ3) is 2.26. The number of rotatable bonds is 2. The molecule has 0 radical (unpaired) electrons. The molecule has 90 valence electrons. The van der Waals surface area contributed by atoms with Gasteiger partial charge >= 0.3 is 0 Å². The first-order valence-corrected chi connectivity index (χ1v) is 6.01. The van der Waals surface area contributed by atoms with Crippen LogP contribution in [0.4, 0.5) is 0 Å². The Morgan fingerprint density at radius 1 is 1.24 bits per heavy atom. The van der Waals surface area contributed by atoms with Crippen LogP contribution in [0.15, 0.2) is 47.1 Å². The topological polar surface area (TPSA) is 29.1 Å². The highest BCUT2D eigenvalue weighted by Crippen LogP contribution is 2.30. The molecular weight excluding hydrogens is 210 g/mol. The molecule has 1 N–H and O–H groups in total. The van der Waals surface area contributed by atoms with E-state index in [4.69, 9.17) is 0 Å². The van der Waals surface area contributed by atoms with Gasteiger partial charge in [-0.1, -0.05) is 45.1 Å². The molecule has 0 heterocycles. The second-order valence-electron chi connectivity index (χ2n) is 5.70. The van der Waals surface area contributed by atoms with E-state index in [9.17, 15) is 4.79 Å². The number of carbonyl (C=O) groups excluding carboxylic acids is 1. The molecule has 0 aliphatic heterocycles. The Labute approximate surface area is 103 Å². The van der Waals surface area contributed by atoms with Gasteiger partial charge in [0.1, 0.15) is 0 Å². The van der Waals surface area contributed by atoms with Gasteiger partial charge in [-0.15, -0.1) is 0 Å². The lowest BCUT2D eigenvalue weighted by atomic mass is 9.88. The molecule has 2 rings (SSSR count).